The van der Waals surface area contributed by atoms with Crippen LogP contribution >= 0.6 is 0 Å². The zero-order chi connectivity index (χ0) is 12.8. The van der Waals surface area contributed by atoms with E-state index in [4.69, 9.17) is 13.1 Å². The van der Waals surface area contributed by atoms with Crippen molar-refractivity contribution in [2.75, 3.05) is 0 Å². The second kappa shape index (κ2) is 3.28. The lowest BCUT2D eigenvalue weighted by molar-refractivity contribution is 0.603. The first-order valence-electron chi connectivity index (χ1n) is 3.99. The van der Waals surface area contributed by atoms with Gasteiger partial charge >= 0.3 is 0 Å². The zero-order valence-corrected chi connectivity index (χ0v) is 9.58. The first-order chi connectivity index (χ1) is 7.81. The summed E-state index contributed by atoms with van der Waals surface area (Å²) in [5, 5.41) is 0. The molecular weight excluding hydrogens is 266 g/mol. The van der Waals surface area contributed by atoms with Crippen molar-refractivity contribution < 1.29 is 16.8 Å². The SMILES string of the molecule is [C-]#[N+]c1cc([N+]#[C-])c2c(c1)S(=O)(=O)[N-]S2(=O)=O. The van der Waals surface area contributed by atoms with Crippen LogP contribution in [-0.2, 0) is 20.0 Å². The number of fused-ring (bicyclic) bond motifs is 1. The molecule has 0 fully saturated rings. The van der Waals surface area contributed by atoms with E-state index < -0.39 is 35.5 Å². The summed E-state index contributed by atoms with van der Waals surface area (Å²) in [6, 6.07) is 1.92. The van der Waals surface area contributed by atoms with Gasteiger partial charge in [-0.2, -0.15) is 0 Å². The second-order valence-electron chi connectivity index (χ2n) is 3.04. The van der Waals surface area contributed by atoms with Gasteiger partial charge in [-0.3, -0.25) is 0 Å². The number of hydrogen-bond acceptors (Lipinski definition) is 4. The lowest BCUT2D eigenvalue weighted by Crippen LogP contribution is -1.92. The molecule has 17 heavy (non-hydrogen) atoms. The number of nitrogens with zero attached hydrogens (tertiary/aromatic N) is 3. The molecule has 0 amide bonds. The summed E-state index contributed by atoms with van der Waals surface area (Å²) in [4.78, 5) is 4.65. The van der Waals surface area contributed by atoms with Crippen LogP contribution in [0.4, 0.5) is 11.4 Å². The van der Waals surface area contributed by atoms with Gasteiger partial charge in [-0.15, -0.1) is 0 Å². The van der Waals surface area contributed by atoms with Crippen molar-refractivity contribution in [3.05, 3.63) is 39.1 Å². The maximum absolute atomic E-state index is 11.5. The van der Waals surface area contributed by atoms with Gasteiger partial charge in [0.1, 0.15) is 20.0 Å². The Balaban J connectivity index is 3.05. The van der Waals surface area contributed by atoms with E-state index in [1.165, 1.54) is 0 Å². The molecule has 2 rings (SSSR count). The normalized spacial score (nSPS) is 18.9. The summed E-state index contributed by atoms with van der Waals surface area (Å²) in [7, 11) is -8.69. The highest BCUT2D eigenvalue weighted by Crippen LogP contribution is 2.45. The minimum Gasteiger partial charge on any atom is -0.429 e. The van der Waals surface area contributed by atoms with Crippen LogP contribution in [0.5, 0.6) is 0 Å². The summed E-state index contributed by atoms with van der Waals surface area (Å²) in [5.74, 6) is 0. The third kappa shape index (κ3) is 1.57. The number of benzene rings is 1. The predicted molar refractivity (Wildman–Crippen MR) is 56.7 cm³/mol. The van der Waals surface area contributed by atoms with Crippen LogP contribution in [0.1, 0.15) is 0 Å². The Bertz CT molecular complexity index is 810. The summed E-state index contributed by atoms with van der Waals surface area (Å²) in [5.41, 5.74) is -0.524. The van der Waals surface area contributed by atoms with Gasteiger partial charge in [0, 0.05) is 4.90 Å². The van der Waals surface area contributed by atoms with E-state index in [-0.39, 0.29) is 5.69 Å². The second-order valence-corrected chi connectivity index (χ2v) is 6.39. The van der Waals surface area contributed by atoms with Crippen molar-refractivity contribution in [3.8, 4) is 0 Å². The van der Waals surface area contributed by atoms with Crippen LogP contribution in [0.3, 0.4) is 0 Å². The quantitative estimate of drug-likeness (QED) is 0.667. The van der Waals surface area contributed by atoms with Crippen LogP contribution < -0.4 is 0 Å². The Kier molecular flexibility index (Phi) is 2.22. The van der Waals surface area contributed by atoms with Gasteiger partial charge in [-0.1, -0.05) is 6.07 Å². The first kappa shape index (κ1) is 11.5. The molecule has 1 aliphatic heterocycles. The average molecular weight is 268 g/mol. The van der Waals surface area contributed by atoms with E-state index in [0.29, 0.717) is 0 Å². The van der Waals surface area contributed by atoms with Crippen molar-refractivity contribution in [2.24, 2.45) is 0 Å². The minimum atomic E-state index is -4.36. The lowest BCUT2D eigenvalue weighted by Gasteiger charge is -2.06. The largest absolute Gasteiger partial charge is 0.429 e. The lowest BCUT2D eigenvalue weighted by atomic mass is 10.3. The van der Waals surface area contributed by atoms with E-state index in [0.717, 1.165) is 12.1 Å². The highest BCUT2D eigenvalue weighted by molar-refractivity contribution is 8.14. The molecule has 1 aromatic carbocycles. The van der Waals surface area contributed by atoms with Gasteiger partial charge in [0.15, 0.2) is 11.4 Å². The van der Waals surface area contributed by atoms with Crippen molar-refractivity contribution in [1.82, 2.24) is 0 Å². The van der Waals surface area contributed by atoms with Crippen LogP contribution in [-0.4, -0.2) is 16.8 Å². The van der Waals surface area contributed by atoms with E-state index in [1.807, 2.05) is 0 Å². The van der Waals surface area contributed by atoms with Gasteiger partial charge in [0.2, 0.25) is 0 Å². The Morgan fingerprint density at radius 1 is 1.00 bits per heavy atom. The Hall–Kier alpha value is -1.94. The van der Waals surface area contributed by atoms with Gasteiger partial charge in [0.25, 0.3) is 0 Å². The van der Waals surface area contributed by atoms with Crippen molar-refractivity contribution >= 4 is 31.4 Å². The van der Waals surface area contributed by atoms with Crippen LogP contribution in [0, 0.1) is 13.1 Å². The number of sulfonamides is 2. The van der Waals surface area contributed by atoms with Gasteiger partial charge < -0.3 is 4.13 Å². The summed E-state index contributed by atoms with van der Waals surface area (Å²) < 4.78 is 48.6. The molecule has 0 radical (unpaired) electrons. The molecule has 0 aromatic heterocycles. The maximum Gasteiger partial charge on any atom is 0.195 e. The minimum absolute atomic E-state index is 0.120. The molecule has 1 heterocycles. The average Bonchev–Trinajstić information content (AvgIpc) is 2.43. The standard InChI is InChI=1S/C8H2N3O4S2/c1-9-5-3-6(10-2)8-7(4-5)16(12,13)11-17(8,14)15/h3-4H/q-1. The Morgan fingerprint density at radius 2 is 1.65 bits per heavy atom. The van der Waals surface area contributed by atoms with Gasteiger partial charge in [-0.05, 0) is 6.07 Å². The highest BCUT2D eigenvalue weighted by atomic mass is 32.3. The first-order valence-corrected chi connectivity index (χ1v) is 6.87. The molecule has 0 unspecified atom stereocenters. The number of rotatable bonds is 0. The van der Waals surface area contributed by atoms with Crippen LogP contribution in [0.2, 0.25) is 0 Å². The van der Waals surface area contributed by atoms with E-state index in [2.05, 4.69) is 13.8 Å². The van der Waals surface area contributed by atoms with Crippen LogP contribution in [0.15, 0.2) is 21.9 Å². The topological polar surface area (TPSA) is 91.1 Å². The molecule has 0 saturated carbocycles. The highest BCUT2D eigenvalue weighted by Gasteiger charge is 2.30. The Labute approximate surface area is 97.4 Å². The molecule has 7 nitrogen and oxygen atoms in total. The van der Waals surface area contributed by atoms with Crippen LogP contribution in [0.25, 0.3) is 13.8 Å². The van der Waals surface area contributed by atoms with Gasteiger partial charge in [-0.25, -0.2) is 26.5 Å². The molecule has 0 saturated heterocycles. The number of hydrogen-bond donors (Lipinski definition) is 0. The molecule has 86 valence electrons. The van der Waals surface area contributed by atoms with Crippen molar-refractivity contribution in [2.45, 2.75) is 9.79 Å². The molecule has 1 aromatic rings. The summed E-state index contributed by atoms with van der Waals surface area (Å²) >= 11 is 0. The molecule has 1 aliphatic rings. The predicted octanol–water partition coefficient (Wildman–Crippen LogP) is 1.55. The molecule has 0 N–H and O–H groups in total. The van der Waals surface area contributed by atoms with Crippen molar-refractivity contribution in [3.63, 3.8) is 0 Å². The molecule has 0 bridgehead atoms. The third-order valence-corrected chi connectivity index (χ3v) is 5.52. The maximum atomic E-state index is 11.5. The molecule has 0 aliphatic carbocycles. The molecule has 0 atom stereocenters. The zero-order valence-electron chi connectivity index (χ0n) is 7.95. The van der Waals surface area contributed by atoms with E-state index >= 15 is 0 Å². The van der Waals surface area contributed by atoms with E-state index in [1.54, 1.807) is 0 Å². The fourth-order valence-corrected chi connectivity index (χ4v) is 4.95. The molecule has 0 spiro atoms. The third-order valence-electron chi connectivity index (χ3n) is 2.00. The van der Waals surface area contributed by atoms with E-state index in [9.17, 15) is 16.8 Å². The molecular formula is C8H2N3O4S2-. The summed E-state index contributed by atoms with van der Waals surface area (Å²) in [6.07, 6.45) is 0. The van der Waals surface area contributed by atoms with Crippen molar-refractivity contribution in [1.29, 1.82) is 0 Å². The fourth-order valence-electron chi connectivity index (χ4n) is 1.38. The summed E-state index contributed by atoms with van der Waals surface area (Å²) in [6.45, 7) is 13.6. The Morgan fingerprint density at radius 3 is 2.18 bits per heavy atom. The van der Waals surface area contributed by atoms with Gasteiger partial charge in [0.05, 0.1) is 18.0 Å². The fraction of sp³-hybridized carbons (Fsp3) is 0. The smallest absolute Gasteiger partial charge is 0.195 e. The monoisotopic (exact) mass is 268 g/mol. The molecule has 9 heteroatoms.